The minimum absolute atomic E-state index is 0.589. The number of nitrogens with zero attached hydrogens (tertiary/aromatic N) is 1. The van der Waals surface area contributed by atoms with Gasteiger partial charge < -0.3 is 4.74 Å². The first kappa shape index (κ1) is 9.37. The van der Waals surface area contributed by atoms with Gasteiger partial charge in [-0.3, -0.25) is 4.90 Å². The van der Waals surface area contributed by atoms with Crippen molar-refractivity contribution >= 4 is 0 Å². The summed E-state index contributed by atoms with van der Waals surface area (Å²) in [5.41, 5.74) is 1.43. The summed E-state index contributed by atoms with van der Waals surface area (Å²) in [5.74, 6) is 0.800. The van der Waals surface area contributed by atoms with E-state index >= 15 is 0 Å². The molecule has 2 aliphatic rings. The summed E-state index contributed by atoms with van der Waals surface area (Å²) in [5, 5.41) is 0. The highest BCUT2D eigenvalue weighted by atomic mass is 16.6. The normalized spacial score (nSPS) is 30.7. The highest BCUT2D eigenvalue weighted by molar-refractivity contribution is 5.14. The number of epoxide rings is 1. The zero-order chi connectivity index (χ0) is 10.1. The second-order valence-electron chi connectivity index (χ2n) is 4.64. The molecule has 3 rings (SSSR count). The van der Waals surface area contributed by atoms with Gasteiger partial charge in [-0.1, -0.05) is 30.3 Å². The maximum absolute atomic E-state index is 5.36. The van der Waals surface area contributed by atoms with Gasteiger partial charge >= 0.3 is 0 Å². The lowest BCUT2D eigenvalue weighted by molar-refractivity contribution is 0.288. The molecular weight excluding hydrogens is 186 g/mol. The fourth-order valence-electron chi connectivity index (χ4n) is 2.48. The van der Waals surface area contributed by atoms with Gasteiger partial charge in [-0.15, -0.1) is 0 Å². The number of hydrogen-bond donors (Lipinski definition) is 0. The van der Waals surface area contributed by atoms with Crippen LogP contribution in [0.5, 0.6) is 0 Å². The SMILES string of the molecule is c1ccc(CN2CC[C@@H]([C@H]3CO3)C2)cc1. The van der Waals surface area contributed by atoms with Crippen LogP contribution < -0.4 is 0 Å². The maximum atomic E-state index is 5.36. The third-order valence-electron chi connectivity index (χ3n) is 3.44. The molecule has 0 saturated carbocycles. The van der Waals surface area contributed by atoms with Crippen LogP contribution >= 0.6 is 0 Å². The zero-order valence-electron chi connectivity index (χ0n) is 8.93. The molecule has 2 atom stereocenters. The van der Waals surface area contributed by atoms with Crippen molar-refractivity contribution in [1.29, 1.82) is 0 Å². The van der Waals surface area contributed by atoms with Crippen molar-refractivity contribution < 1.29 is 4.74 Å². The van der Waals surface area contributed by atoms with Gasteiger partial charge in [-0.05, 0) is 18.5 Å². The summed E-state index contributed by atoms with van der Waals surface area (Å²) < 4.78 is 5.36. The van der Waals surface area contributed by atoms with Crippen molar-refractivity contribution in [1.82, 2.24) is 4.90 Å². The molecule has 0 aliphatic carbocycles. The van der Waals surface area contributed by atoms with Gasteiger partial charge in [0, 0.05) is 19.0 Å². The van der Waals surface area contributed by atoms with Gasteiger partial charge in [-0.25, -0.2) is 0 Å². The average molecular weight is 203 g/mol. The molecule has 2 heterocycles. The molecule has 2 aliphatic heterocycles. The van der Waals surface area contributed by atoms with Crippen molar-refractivity contribution in [2.45, 2.75) is 19.1 Å². The molecule has 2 fully saturated rings. The molecule has 0 unspecified atom stereocenters. The lowest BCUT2D eigenvalue weighted by Crippen LogP contribution is -2.21. The Hall–Kier alpha value is -0.860. The smallest absolute Gasteiger partial charge is 0.0850 e. The maximum Gasteiger partial charge on any atom is 0.0850 e. The summed E-state index contributed by atoms with van der Waals surface area (Å²) in [6.07, 6.45) is 1.91. The summed E-state index contributed by atoms with van der Waals surface area (Å²) in [4.78, 5) is 2.54. The van der Waals surface area contributed by atoms with Crippen molar-refractivity contribution in [3.63, 3.8) is 0 Å². The van der Waals surface area contributed by atoms with Gasteiger partial charge in [0.1, 0.15) is 0 Å². The monoisotopic (exact) mass is 203 g/mol. The van der Waals surface area contributed by atoms with Crippen LogP contribution in [0, 0.1) is 5.92 Å². The van der Waals surface area contributed by atoms with Crippen LogP contribution in [-0.2, 0) is 11.3 Å². The molecule has 0 amide bonds. The molecule has 15 heavy (non-hydrogen) atoms. The first-order chi connectivity index (χ1) is 7.42. The number of ether oxygens (including phenoxy) is 1. The predicted molar refractivity (Wildman–Crippen MR) is 59.6 cm³/mol. The van der Waals surface area contributed by atoms with Gasteiger partial charge in [0.2, 0.25) is 0 Å². The van der Waals surface area contributed by atoms with E-state index in [0.29, 0.717) is 6.10 Å². The molecule has 2 saturated heterocycles. The molecule has 2 heteroatoms. The summed E-state index contributed by atoms with van der Waals surface area (Å²) in [6.45, 7) is 4.56. The van der Waals surface area contributed by atoms with Crippen LogP contribution in [0.25, 0.3) is 0 Å². The Bertz CT molecular complexity index is 321. The van der Waals surface area contributed by atoms with E-state index in [9.17, 15) is 0 Å². The molecule has 0 bridgehead atoms. The third kappa shape index (κ3) is 2.21. The van der Waals surface area contributed by atoms with E-state index in [1.165, 1.54) is 25.1 Å². The fourth-order valence-corrected chi connectivity index (χ4v) is 2.48. The highest BCUT2D eigenvalue weighted by Gasteiger charge is 2.36. The lowest BCUT2D eigenvalue weighted by atomic mass is 10.1. The van der Waals surface area contributed by atoms with Crippen molar-refractivity contribution in [3.05, 3.63) is 35.9 Å². The van der Waals surface area contributed by atoms with E-state index in [1.54, 1.807) is 0 Å². The summed E-state index contributed by atoms with van der Waals surface area (Å²) >= 11 is 0. The molecule has 2 nitrogen and oxygen atoms in total. The van der Waals surface area contributed by atoms with Gasteiger partial charge in [0.25, 0.3) is 0 Å². The molecule has 0 spiro atoms. The molecule has 80 valence electrons. The number of hydrogen-bond acceptors (Lipinski definition) is 2. The molecule has 1 aromatic rings. The Morgan fingerprint density at radius 3 is 2.80 bits per heavy atom. The van der Waals surface area contributed by atoms with Crippen molar-refractivity contribution in [2.24, 2.45) is 5.92 Å². The predicted octanol–water partition coefficient (Wildman–Crippen LogP) is 1.91. The molecular formula is C13H17NO. The van der Waals surface area contributed by atoms with Crippen LogP contribution in [0.1, 0.15) is 12.0 Å². The first-order valence-corrected chi connectivity index (χ1v) is 5.80. The Balaban J connectivity index is 1.56. The Labute approximate surface area is 90.8 Å². The van der Waals surface area contributed by atoms with E-state index in [1.807, 2.05) is 0 Å². The van der Waals surface area contributed by atoms with E-state index in [0.717, 1.165) is 19.1 Å². The van der Waals surface area contributed by atoms with E-state index in [4.69, 9.17) is 4.74 Å². The standard InChI is InChI=1S/C13H17NO/c1-2-4-11(5-3-1)8-14-7-6-12(9-14)13-10-15-13/h1-5,12-13H,6-10H2/t12-,13-/m1/s1. The number of likely N-dealkylation sites (tertiary alicyclic amines) is 1. The second-order valence-corrected chi connectivity index (χ2v) is 4.64. The number of rotatable bonds is 3. The van der Waals surface area contributed by atoms with Gasteiger partial charge in [0.05, 0.1) is 12.7 Å². The third-order valence-corrected chi connectivity index (χ3v) is 3.44. The van der Waals surface area contributed by atoms with Crippen LogP contribution in [-0.4, -0.2) is 30.7 Å². The van der Waals surface area contributed by atoms with Crippen LogP contribution in [0.15, 0.2) is 30.3 Å². The lowest BCUT2D eigenvalue weighted by Gasteiger charge is -2.15. The van der Waals surface area contributed by atoms with Gasteiger partial charge in [-0.2, -0.15) is 0 Å². The largest absolute Gasteiger partial charge is 0.373 e. The van der Waals surface area contributed by atoms with Crippen LogP contribution in [0.4, 0.5) is 0 Å². The minimum atomic E-state index is 0.589. The Morgan fingerprint density at radius 2 is 2.07 bits per heavy atom. The fraction of sp³-hybridized carbons (Fsp3) is 0.538. The quantitative estimate of drug-likeness (QED) is 0.697. The average Bonchev–Trinajstić information content (AvgIpc) is 3.02. The summed E-state index contributed by atoms with van der Waals surface area (Å²) in [7, 11) is 0. The molecule has 1 aromatic carbocycles. The minimum Gasteiger partial charge on any atom is -0.373 e. The topological polar surface area (TPSA) is 15.8 Å². The van der Waals surface area contributed by atoms with Crippen LogP contribution in [0.2, 0.25) is 0 Å². The molecule has 0 radical (unpaired) electrons. The van der Waals surface area contributed by atoms with Crippen molar-refractivity contribution in [3.8, 4) is 0 Å². The van der Waals surface area contributed by atoms with E-state index < -0.39 is 0 Å². The Morgan fingerprint density at radius 1 is 1.27 bits per heavy atom. The zero-order valence-corrected chi connectivity index (χ0v) is 8.93. The molecule has 0 aromatic heterocycles. The van der Waals surface area contributed by atoms with E-state index in [2.05, 4.69) is 35.2 Å². The van der Waals surface area contributed by atoms with E-state index in [-0.39, 0.29) is 0 Å². The molecule has 0 N–H and O–H groups in total. The Kier molecular flexibility index (Phi) is 2.47. The van der Waals surface area contributed by atoms with Crippen molar-refractivity contribution in [2.75, 3.05) is 19.7 Å². The highest BCUT2D eigenvalue weighted by Crippen LogP contribution is 2.29. The van der Waals surface area contributed by atoms with Gasteiger partial charge in [0.15, 0.2) is 0 Å². The van der Waals surface area contributed by atoms with Crippen LogP contribution in [0.3, 0.4) is 0 Å². The second kappa shape index (κ2) is 3.95. The number of benzene rings is 1. The summed E-state index contributed by atoms with van der Waals surface area (Å²) in [6, 6.07) is 10.7. The first-order valence-electron chi connectivity index (χ1n) is 5.80.